The van der Waals surface area contributed by atoms with Crippen LogP contribution in [0.25, 0.3) is 0 Å². The van der Waals surface area contributed by atoms with Crippen molar-refractivity contribution < 1.29 is 17.9 Å². The predicted molar refractivity (Wildman–Crippen MR) is 104 cm³/mol. The molecule has 1 heterocycles. The summed E-state index contributed by atoms with van der Waals surface area (Å²) in [6.07, 6.45) is 2.87. The Bertz CT molecular complexity index is 925. The van der Waals surface area contributed by atoms with Gasteiger partial charge in [-0.15, -0.1) is 0 Å². The van der Waals surface area contributed by atoms with Crippen molar-refractivity contribution in [1.82, 2.24) is 14.3 Å². The number of aromatic nitrogens is 2. The van der Waals surface area contributed by atoms with Gasteiger partial charge < -0.3 is 14.6 Å². The predicted octanol–water partition coefficient (Wildman–Crippen LogP) is 2.74. The van der Waals surface area contributed by atoms with Crippen LogP contribution in [0.4, 0.5) is 5.69 Å². The molecule has 1 amide bonds. The summed E-state index contributed by atoms with van der Waals surface area (Å²) in [6.45, 7) is 5.59. The highest BCUT2D eigenvalue weighted by atomic mass is 35.5. The number of carbonyl (C=O) groups excluding carboxylic acids is 1. The number of anilines is 1. The number of sulfonamides is 1. The molecule has 1 aromatic heterocycles. The minimum absolute atomic E-state index is 0.0467. The van der Waals surface area contributed by atoms with Crippen LogP contribution < -0.4 is 14.8 Å². The Kier molecular flexibility index (Phi) is 6.85. The number of nitrogens with zero attached hydrogens (tertiary/aromatic N) is 2. The van der Waals surface area contributed by atoms with Gasteiger partial charge in [0.2, 0.25) is 5.91 Å². The van der Waals surface area contributed by atoms with Gasteiger partial charge in [-0.2, -0.15) is 0 Å². The maximum Gasteiger partial charge on any atom is 0.259 e. The minimum atomic E-state index is -3.77. The topological polar surface area (TPSA) is 102 Å². The van der Waals surface area contributed by atoms with Gasteiger partial charge >= 0.3 is 0 Å². The van der Waals surface area contributed by atoms with Crippen molar-refractivity contribution in [3.05, 3.63) is 35.2 Å². The fourth-order valence-electron chi connectivity index (χ4n) is 2.25. The van der Waals surface area contributed by atoms with Crippen molar-refractivity contribution in [1.29, 1.82) is 0 Å². The Morgan fingerprint density at radius 2 is 2.07 bits per heavy atom. The number of imidazole rings is 1. The largest absolute Gasteiger partial charge is 0.495 e. The lowest BCUT2D eigenvalue weighted by Gasteiger charge is -2.12. The standard InChI is InChI=1S/C17H23ClN4O4S/c1-11(2)22-9-17(19-10-22)27(24,25)20-6-5-16(23)21-14-7-12(3)13(18)8-15(14)26-4/h7-11,20H,5-6H2,1-4H3,(H,21,23). The van der Waals surface area contributed by atoms with Crippen molar-refractivity contribution >= 4 is 33.2 Å². The molecule has 1 aromatic carbocycles. The summed E-state index contributed by atoms with van der Waals surface area (Å²) in [5, 5.41) is 3.15. The van der Waals surface area contributed by atoms with Crippen molar-refractivity contribution in [2.24, 2.45) is 0 Å². The van der Waals surface area contributed by atoms with Crippen molar-refractivity contribution in [2.75, 3.05) is 19.0 Å². The number of amides is 1. The van der Waals surface area contributed by atoms with E-state index in [4.69, 9.17) is 16.3 Å². The highest BCUT2D eigenvalue weighted by Crippen LogP contribution is 2.30. The summed E-state index contributed by atoms with van der Waals surface area (Å²) >= 11 is 6.04. The van der Waals surface area contributed by atoms with Crippen LogP contribution in [0.3, 0.4) is 0 Å². The second kappa shape index (κ2) is 8.73. The average Bonchev–Trinajstić information content (AvgIpc) is 3.09. The van der Waals surface area contributed by atoms with E-state index in [-0.39, 0.29) is 29.9 Å². The maximum absolute atomic E-state index is 12.2. The maximum atomic E-state index is 12.2. The zero-order chi connectivity index (χ0) is 20.2. The van der Waals surface area contributed by atoms with Crippen molar-refractivity contribution in [3.8, 4) is 5.75 Å². The Labute approximate surface area is 163 Å². The summed E-state index contributed by atoms with van der Waals surface area (Å²) < 4.78 is 33.7. The van der Waals surface area contributed by atoms with E-state index in [9.17, 15) is 13.2 Å². The van der Waals surface area contributed by atoms with E-state index >= 15 is 0 Å². The van der Waals surface area contributed by atoms with Crippen LogP contribution in [-0.2, 0) is 14.8 Å². The van der Waals surface area contributed by atoms with Crippen LogP contribution >= 0.6 is 11.6 Å². The molecule has 0 fully saturated rings. The fraction of sp³-hybridized carbons (Fsp3) is 0.412. The number of methoxy groups -OCH3 is 1. The van der Waals surface area contributed by atoms with Gasteiger partial charge in [0.15, 0.2) is 5.03 Å². The van der Waals surface area contributed by atoms with E-state index in [2.05, 4.69) is 15.0 Å². The van der Waals surface area contributed by atoms with Gasteiger partial charge in [-0.25, -0.2) is 18.1 Å². The zero-order valence-electron chi connectivity index (χ0n) is 15.6. The summed E-state index contributed by atoms with van der Waals surface area (Å²) in [7, 11) is -2.30. The molecule has 10 heteroatoms. The molecule has 0 spiro atoms. The monoisotopic (exact) mass is 414 g/mol. The molecule has 148 valence electrons. The van der Waals surface area contributed by atoms with Gasteiger partial charge in [-0.05, 0) is 32.4 Å². The molecule has 8 nitrogen and oxygen atoms in total. The number of hydrogen-bond acceptors (Lipinski definition) is 5. The quantitative estimate of drug-likeness (QED) is 0.691. The Morgan fingerprint density at radius 3 is 2.67 bits per heavy atom. The molecule has 0 atom stereocenters. The second-order valence-electron chi connectivity index (χ2n) is 6.25. The van der Waals surface area contributed by atoms with Crippen LogP contribution in [0.5, 0.6) is 5.75 Å². The van der Waals surface area contributed by atoms with Gasteiger partial charge in [0.25, 0.3) is 10.0 Å². The lowest BCUT2D eigenvalue weighted by Crippen LogP contribution is -2.28. The summed E-state index contributed by atoms with van der Waals surface area (Å²) in [5.41, 5.74) is 1.26. The summed E-state index contributed by atoms with van der Waals surface area (Å²) in [5.74, 6) is 0.0733. The van der Waals surface area contributed by atoms with Gasteiger partial charge in [-0.3, -0.25) is 4.79 Å². The average molecular weight is 415 g/mol. The van der Waals surface area contributed by atoms with Crippen LogP contribution in [0.15, 0.2) is 29.7 Å². The molecular weight excluding hydrogens is 392 g/mol. The van der Waals surface area contributed by atoms with Crippen LogP contribution in [-0.4, -0.2) is 37.5 Å². The molecule has 0 saturated heterocycles. The molecule has 0 radical (unpaired) electrons. The SMILES string of the molecule is COc1cc(Cl)c(C)cc1NC(=O)CCNS(=O)(=O)c1cn(C(C)C)cn1. The molecule has 0 unspecified atom stereocenters. The first-order chi connectivity index (χ1) is 12.6. The minimum Gasteiger partial charge on any atom is -0.495 e. The second-order valence-corrected chi connectivity index (χ2v) is 8.37. The molecule has 0 saturated carbocycles. The first-order valence-corrected chi connectivity index (χ1v) is 10.2. The third-order valence-corrected chi connectivity index (χ3v) is 5.60. The van der Waals surface area contributed by atoms with Gasteiger partial charge in [0.05, 0.1) is 19.1 Å². The summed E-state index contributed by atoms with van der Waals surface area (Å²) in [4.78, 5) is 16.0. The van der Waals surface area contributed by atoms with Gasteiger partial charge in [-0.1, -0.05) is 11.6 Å². The highest BCUT2D eigenvalue weighted by Gasteiger charge is 2.18. The Hall–Kier alpha value is -2.10. The van der Waals surface area contributed by atoms with E-state index < -0.39 is 10.0 Å². The number of hydrogen-bond donors (Lipinski definition) is 2. The molecule has 0 bridgehead atoms. The van der Waals surface area contributed by atoms with Gasteiger partial charge in [0.1, 0.15) is 5.75 Å². The number of halogens is 1. The van der Waals surface area contributed by atoms with E-state index in [1.165, 1.54) is 19.6 Å². The lowest BCUT2D eigenvalue weighted by molar-refractivity contribution is -0.116. The molecule has 0 aliphatic rings. The van der Waals surface area contributed by atoms with E-state index in [0.717, 1.165) is 5.56 Å². The molecular formula is C17H23ClN4O4S. The van der Waals surface area contributed by atoms with Crippen LogP contribution in [0.2, 0.25) is 5.02 Å². The highest BCUT2D eigenvalue weighted by molar-refractivity contribution is 7.89. The van der Waals surface area contributed by atoms with Crippen molar-refractivity contribution in [3.63, 3.8) is 0 Å². The third-order valence-electron chi connectivity index (χ3n) is 3.85. The Balaban J connectivity index is 1.95. The van der Waals surface area contributed by atoms with Crippen LogP contribution in [0.1, 0.15) is 31.9 Å². The lowest BCUT2D eigenvalue weighted by atomic mass is 10.2. The first kappa shape index (κ1) is 21.2. The smallest absolute Gasteiger partial charge is 0.259 e. The molecule has 27 heavy (non-hydrogen) atoms. The van der Waals surface area contributed by atoms with Crippen molar-refractivity contribution in [2.45, 2.75) is 38.3 Å². The third kappa shape index (κ3) is 5.44. The van der Waals surface area contributed by atoms with E-state index in [1.807, 2.05) is 20.8 Å². The first-order valence-electron chi connectivity index (χ1n) is 8.31. The molecule has 2 N–H and O–H groups in total. The van der Waals surface area contributed by atoms with E-state index in [0.29, 0.717) is 16.5 Å². The summed E-state index contributed by atoms with van der Waals surface area (Å²) in [6, 6.07) is 3.41. The number of carbonyl (C=O) groups is 1. The number of benzene rings is 1. The molecule has 2 rings (SSSR count). The zero-order valence-corrected chi connectivity index (χ0v) is 17.2. The molecule has 0 aliphatic carbocycles. The normalized spacial score (nSPS) is 11.6. The Morgan fingerprint density at radius 1 is 1.37 bits per heavy atom. The van der Waals surface area contributed by atoms with Gasteiger partial charge in [0, 0.05) is 36.3 Å². The number of nitrogens with one attached hydrogen (secondary N) is 2. The molecule has 2 aromatic rings. The number of aryl methyl sites for hydroxylation is 1. The molecule has 0 aliphatic heterocycles. The van der Waals surface area contributed by atoms with E-state index in [1.54, 1.807) is 16.7 Å². The van der Waals surface area contributed by atoms with Crippen LogP contribution in [0, 0.1) is 6.92 Å². The fourth-order valence-corrected chi connectivity index (χ4v) is 3.37. The number of ether oxygens (including phenoxy) is 1. The number of rotatable bonds is 8.